The Morgan fingerprint density at radius 1 is 0.606 bits per heavy atom. The average Bonchev–Trinajstić information content (AvgIpc) is 1.65. The van der Waals surface area contributed by atoms with Crippen LogP contribution in [0.25, 0.3) is 65.9 Å². The molecule has 1 aliphatic rings. The van der Waals surface area contributed by atoms with E-state index in [2.05, 4.69) is 108 Å². The van der Waals surface area contributed by atoms with Gasteiger partial charge in [-0.15, -0.1) is 22.7 Å². The number of alkyl halides is 3. The van der Waals surface area contributed by atoms with Crippen LogP contribution >= 0.6 is 69.2 Å². The van der Waals surface area contributed by atoms with Crippen molar-refractivity contribution in [2.45, 2.75) is 49.3 Å². The van der Waals surface area contributed by atoms with Gasteiger partial charge in [-0.3, -0.25) is 9.59 Å². The third-order valence-corrected chi connectivity index (χ3v) is 22.0. The van der Waals surface area contributed by atoms with Crippen molar-refractivity contribution in [3.63, 3.8) is 0 Å². The molecule has 0 saturated carbocycles. The van der Waals surface area contributed by atoms with Gasteiger partial charge in [-0.2, -0.15) is 23.7 Å². The summed E-state index contributed by atoms with van der Waals surface area (Å²) in [7, 11) is 5.33. The van der Waals surface area contributed by atoms with Crippen LogP contribution in [0, 0.1) is 22.7 Å². The molecule has 109 heavy (non-hydrogen) atoms. The van der Waals surface area contributed by atoms with Gasteiger partial charge in [0.2, 0.25) is 5.88 Å². The van der Waals surface area contributed by atoms with Crippen molar-refractivity contribution in [2.24, 2.45) is 0 Å². The van der Waals surface area contributed by atoms with E-state index in [0.717, 1.165) is 124 Å². The van der Waals surface area contributed by atoms with Gasteiger partial charge < -0.3 is 69.5 Å². The number of ether oxygens (including phenoxy) is 4. The fourth-order valence-corrected chi connectivity index (χ4v) is 15.3. The standard InChI is InChI=1S/C24H29N5OS.C21H14ClF3N2OS.C20H14Cl2N2OS.C17H23N3O3/c1-28-11-13-29(14-12-28)10-5-15-30-18-26-24-22(17-25)21-16-20(8-9-23(21)27-24)31-19-6-3-2-4-7-19;22-17-15-9-13(12-5-2-1-3-6-12)10-16(21(23,24)25)18(15)27-19(17)20(28)26-11-14-7-4-8-29-14;21-16-10-13(12-5-2-1-3-6-12)9-15-17(22)19(24-18(15)16)20(25)23-11-14-7-4-8-26-14;1-5-20(6-2)7-8-23-17-13(11-18)12-9-15(21-3)16(22-4)10-14(12)19-17/h2-4,6-9,16,26-27H,5,10-15,18H2,1H3;1-10,27H,11H2,(H,26,28);1-10,24H,11H2,(H,23,25);9-10,19H,5-8H2,1-4H3. The molecular weight excluding hydrogens is 1510 g/mol. The molecule has 1 aliphatic heterocycles. The van der Waals surface area contributed by atoms with Crippen LogP contribution < -0.4 is 30.2 Å². The van der Waals surface area contributed by atoms with Gasteiger partial charge in [0.1, 0.15) is 53.8 Å². The quantitative estimate of drug-likeness (QED) is 0.0209. The molecule has 0 atom stereocenters. The lowest BCUT2D eigenvalue weighted by Gasteiger charge is -2.32. The number of hydrogen-bond donors (Lipinski definition) is 7. The van der Waals surface area contributed by atoms with Crippen LogP contribution in [0.4, 0.5) is 19.0 Å². The third-order valence-electron chi connectivity index (χ3n) is 18.1. The summed E-state index contributed by atoms with van der Waals surface area (Å²) < 4.78 is 63.3. The first-order chi connectivity index (χ1) is 52.9. The summed E-state index contributed by atoms with van der Waals surface area (Å²) in [5.41, 5.74) is 5.67. The lowest BCUT2D eigenvalue weighted by Crippen LogP contribution is -2.44. The zero-order chi connectivity index (χ0) is 77.0. The number of H-pyrrole nitrogens is 4. The number of aromatic amines is 4. The number of methoxy groups -OCH3 is 2. The van der Waals surface area contributed by atoms with E-state index >= 15 is 0 Å². The predicted molar refractivity (Wildman–Crippen MR) is 434 cm³/mol. The molecule has 18 nitrogen and oxygen atoms in total. The van der Waals surface area contributed by atoms with Crippen molar-refractivity contribution in [3.8, 4) is 51.8 Å². The van der Waals surface area contributed by atoms with E-state index in [9.17, 15) is 33.3 Å². The predicted octanol–water partition coefficient (Wildman–Crippen LogP) is 19.6. The maximum absolute atomic E-state index is 13.7. The van der Waals surface area contributed by atoms with Crippen molar-refractivity contribution in [2.75, 3.05) is 98.9 Å². The number of fused-ring (bicyclic) bond motifs is 4. The zero-order valence-electron chi connectivity index (χ0n) is 60.4. The number of nitrogens with zero attached hydrogens (tertiary/aromatic N) is 5. The van der Waals surface area contributed by atoms with E-state index in [0.29, 0.717) is 87.4 Å². The van der Waals surface area contributed by atoms with Crippen LogP contribution in [-0.2, 0) is 24.0 Å². The lowest BCUT2D eigenvalue weighted by molar-refractivity contribution is -0.136. The van der Waals surface area contributed by atoms with Gasteiger partial charge in [0, 0.05) is 91.9 Å². The summed E-state index contributed by atoms with van der Waals surface area (Å²) >= 11 is 24.0. The molecule has 27 heteroatoms. The molecule has 7 heterocycles. The molecule has 7 aromatic carbocycles. The van der Waals surface area contributed by atoms with E-state index in [1.807, 2.05) is 108 Å². The highest BCUT2D eigenvalue weighted by Gasteiger charge is 2.36. The third kappa shape index (κ3) is 20.5. The first-order valence-corrected chi connectivity index (χ1v) is 38.8. The molecule has 0 aliphatic carbocycles. The van der Waals surface area contributed by atoms with Gasteiger partial charge in [-0.25, -0.2) is 0 Å². The van der Waals surface area contributed by atoms with Crippen molar-refractivity contribution < 1.29 is 41.7 Å². The Hall–Kier alpha value is -9.93. The first-order valence-electron chi connectivity index (χ1n) is 35.1. The average molecular weight is 1590 g/mol. The van der Waals surface area contributed by atoms with E-state index in [1.54, 1.807) is 79.8 Å². The minimum atomic E-state index is -4.61. The summed E-state index contributed by atoms with van der Waals surface area (Å²) in [6, 6.07) is 57.3. The zero-order valence-corrected chi connectivity index (χ0v) is 65.1. The molecule has 1 fully saturated rings. The Bertz CT molecular complexity index is 5270. The van der Waals surface area contributed by atoms with Crippen molar-refractivity contribution in [3.05, 3.63) is 234 Å². The number of aromatic nitrogens is 4. The smallest absolute Gasteiger partial charge is 0.418 e. The number of carbonyl (C=O) groups excluding carboxylic acids is 2. The number of carbonyl (C=O) groups is 2. The Morgan fingerprint density at radius 2 is 1.17 bits per heavy atom. The molecule has 564 valence electrons. The van der Waals surface area contributed by atoms with Crippen LogP contribution in [0.2, 0.25) is 15.1 Å². The number of rotatable bonds is 25. The van der Waals surface area contributed by atoms with E-state index in [-0.39, 0.29) is 34.1 Å². The van der Waals surface area contributed by atoms with E-state index in [4.69, 9.17) is 53.8 Å². The summed E-state index contributed by atoms with van der Waals surface area (Å²) in [6.07, 6.45) is -3.59. The van der Waals surface area contributed by atoms with Gasteiger partial charge in [0.05, 0.1) is 71.1 Å². The Kier molecular flexibility index (Phi) is 28.2. The van der Waals surface area contributed by atoms with Gasteiger partial charge in [-0.05, 0) is 132 Å². The number of hydrogen-bond acceptors (Lipinski definition) is 15. The number of likely N-dealkylation sites (N-methyl/N-ethyl adjacent to an activating group) is 2. The van der Waals surface area contributed by atoms with Gasteiger partial charge in [0.15, 0.2) is 11.5 Å². The molecule has 0 unspecified atom stereocenters. The number of nitriles is 2. The number of thiophene rings is 2. The highest BCUT2D eigenvalue weighted by atomic mass is 35.5. The Balaban J connectivity index is 0.000000145. The normalized spacial score (nSPS) is 12.3. The molecule has 2 amide bonds. The molecule has 1 saturated heterocycles. The summed E-state index contributed by atoms with van der Waals surface area (Å²) in [6.45, 7) is 15.0. The second-order valence-electron chi connectivity index (χ2n) is 25.1. The van der Waals surface area contributed by atoms with Crippen LogP contribution in [-0.4, -0.2) is 140 Å². The molecular formula is C82H80Cl3F3N12O6S3. The topological polar surface area (TPSA) is 228 Å². The highest BCUT2D eigenvalue weighted by molar-refractivity contribution is 7.99. The van der Waals surface area contributed by atoms with Crippen LogP contribution in [0.15, 0.2) is 190 Å². The molecule has 6 aromatic heterocycles. The van der Waals surface area contributed by atoms with Crippen molar-refractivity contribution in [1.82, 2.24) is 45.3 Å². The molecule has 0 radical (unpaired) electrons. The van der Waals surface area contributed by atoms with Gasteiger partial charge >= 0.3 is 6.18 Å². The van der Waals surface area contributed by atoms with E-state index in [1.165, 1.54) is 16.2 Å². The van der Waals surface area contributed by atoms with Gasteiger partial charge in [0.25, 0.3) is 11.8 Å². The van der Waals surface area contributed by atoms with Crippen molar-refractivity contribution >= 4 is 130 Å². The number of anilines is 1. The minimum absolute atomic E-state index is 0.0352. The molecule has 7 N–H and O–H groups in total. The summed E-state index contributed by atoms with van der Waals surface area (Å²) in [5, 5.41) is 35.3. The Morgan fingerprint density at radius 3 is 1.72 bits per heavy atom. The maximum Gasteiger partial charge on any atom is 0.418 e. The van der Waals surface area contributed by atoms with Crippen LogP contribution in [0.5, 0.6) is 17.4 Å². The summed E-state index contributed by atoms with van der Waals surface area (Å²) in [5.74, 6) is 1.60. The lowest BCUT2D eigenvalue weighted by atomic mass is 10.00. The number of nitrogens with one attached hydrogen (secondary N) is 7. The largest absolute Gasteiger partial charge is 0.493 e. The molecule has 13 aromatic rings. The number of benzene rings is 7. The fraction of sp³-hybridized carbons (Fsp3) is 0.244. The summed E-state index contributed by atoms with van der Waals surface area (Å²) in [4.78, 5) is 48.6. The van der Waals surface area contributed by atoms with Crippen molar-refractivity contribution in [1.29, 1.82) is 10.5 Å². The second kappa shape index (κ2) is 38.4. The highest BCUT2D eigenvalue weighted by Crippen LogP contribution is 2.43. The second-order valence-corrected chi connectivity index (χ2v) is 29.5. The minimum Gasteiger partial charge on any atom is -0.493 e. The Labute approximate surface area is 657 Å². The van der Waals surface area contributed by atoms with Crippen LogP contribution in [0.3, 0.4) is 0 Å². The molecule has 0 spiro atoms. The van der Waals surface area contributed by atoms with E-state index < -0.39 is 17.6 Å². The van der Waals surface area contributed by atoms with Gasteiger partial charge in [-0.1, -0.05) is 151 Å². The van der Waals surface area contributed by atoms with Crippen LogP contribution in [0.1, 0.15) is 67.7 Å². The number of halogens is 6. The number of amides is 2. The first kappa shape index (κ1) is 80.1. The monoisotopic (exact) mass is 1590 g/mol. The molecule has 14 rings (SSSR count). The molecule has 0 bridgehead atoms. The maximum atomic E-state index is 13.7. The fourth-order valence-electron chi connectivity index (χ4n) is 12.3. The SMILES string of the molecule is CCN(CC)CCOc1[nH]c2cc(OC)c(OC)cc2c1C#N.CN1CCN(CCCOCNc2[nH]c3ccc(Sc4ccccc4)cc3c2C#N)CC1.O=C(NCc1cccs1)c1[nH]c2c(C(F)(F)F)cc(-c3ccccc3)cc2c1Cl.O=C(NCc1cccs1)c1[nH]c2c(Cl)cc(-c3ccccc3)cc2c1Cl. The number of piperazine rings is 1.